The van der Waals surface area contributed by atoms with E-state index in [0.717, 1.165) is 118 Å². The van der Waals surface area contributed by atoms with Gasteiger partial charge in [0.2, 0.25) is 0 Å². The highest BCUT2D eigenvalue weighted by Gasteiger charge is 2.22. The monoisotopic (exact) mass is 1800 g/mol. The van der Waals surface area contributed by atoms with Crippen LogP contribution in [-0.2, 0) is 7.05 Å². The first-order valence-electron chi connectivity index (χ1n) is 39.1. The molecule has 0 aliphatic heterocycles. The number of aryl methyl sites for hydroxylation is 2. The van der Waals surface area contributed by atoms with E-state index in [1.807, 2.05) is 158 Å². The molecule has 0 saturated heterocycles. The molecule has 0 amide bonds. The van der Waals surface area contributed by atoms with E-state index in [1.165, 1.54) is 62.9 Å². The first-order chi connectivity index (χ1) is 62.7. The largest absolute Gasteiger partial charge is 0.495 e. The van der Waals surface area contributed by atoms with Crippen molar-refractivity contribution in [3.05, 3.63) is 349 Å². The lowest BCUT2D eigenvalue weighted by Gasteiger charge is -2.12. The van der Waals surface area contributed by atoms with Gasteiger partial charge in [-0.3, -0.25) is 34.0 Å². The van der Waals surface area contributed by atoms with Crippen LogP contribution in [0.4, 0.5) is 22.0 Å². The van der Waals surface area contributed by atoms with Gasteiger partial charge in [0.05, 0.1) is 109 Å². The van der Waals surface area contributed by atoms with Gasteiger partial charge >= 0.3 is 0 Å². The summed E-state index contributed by atoms with van der Waals surface area (Å²) in [4.78, 5) is 43.7. The van der Waals surface area contributed by atoms with E-state index in [4.69, 9.17) is 65.4 Å². The Bertz CT molecular complexity index is 7590. The lowest BCUT2D eigenvalue weighted by molar-refractivity contribution is 0.413. The van der Waals surface area contributed by atoms with Gasteiger partial charge in [0.1, 0.15) is 88.7 Å². The second-order valence-corrected chi connectivity index (χ2v) is 30.2. The Balaban J connectivity index is 0.000000113. The minimum atomic E-state index is -0.826. The minimum absolute atomic E-state index is 0.0500. The maximum absolute atomic E-state index is 14.4. The normalized spacial score (nSPS) is 11.1. The summed E-state index contributed by atoms with van der Waals surface area (Å²) in [6, 6.07) is 56.2. The minimum Gasteiger partial charge on any atom is -0.495 e. The molecule has 25 nitrogen and oxygen atoms in total. The number of hydrogen-bond acceptors (Lipinski definition) is 19. The molecule has 0 unspecified atom stereocenters. The highest BCUT2D eigenvalue weighted by atomic mass is 35.5. The molecule has 0 spiro atoms. The molecule has 0 aliphatic rings. The van der Waals surface area contributed by atoms with Crippen LogP contribution in [0.1, 0.15) is 5.56 Å². The quantitative estimate of drug-likeness (QED) is 0.0682. The molecule has 638 valence electrons. The Morgan fingerprint density at radius 1 is 0.302 bits per heavy atom. The molecule has 34 heteroatoms. The first kappa shape index (κ1) is 85.4. The second-order valence-electron chi connectivity index (χ2n) is 28.5. The number of imidazole rings is 1. The topological polar surface area (TPSA) is 257 Å². The van der Waals surface area contributed by atoms with Crippen LogP contribution in [0.15, 0.2) is 294 Å². The number of halogens is 9. The Morgan fingerprint density at radius 2 is 0.721 bits per heavy atom. The van der Waals surface area contributed by atoms with Gasteiger partial charge in [0.25, 0.3) is 0 Å². The summed E-state index contributed by atoms with van der Waals surface area (Å²) in [6.45, 7) is 1.74. The summed E-state index contributed by atoms with van der Waals surface area (Å²) in [5.74, 6) is -0.271. The van der Waals surface area contributed by atoms with E-state index in [1.54, 1.807) is 137 Å². The molecule has 21 aromatic rings. The maximum Gasteiger partial charge on any atom is 0.155 e. The molecule has 0 bridgehead atoms. The van der Waals surface area contributed by atoms with Gasteiger partial charge in [-0.2, -0.15) is 25.5 Å². The summed E-state index contributed by atoms with van der Waals surface area (Å²) < 4.78 is 100. The molecule has 21 rings (SSSR count). The van der Waals surface area contributed by atoms with Crippen LogP contribution in [-0.4, -0.2) is 131 Å². The Labute approximate surface area is 750 Å². The lowest BCUT2D eigenvalue weighted by atomic mass is 9.98. The molecule has 16 heterocycles. The third-order valence-corrected chi connectivity index (χ3v) is 21.6. The van der Waals surface area contributed by atoms with Crippen molar-refractivity contribution in [2.75, 3.05) is 28.4 Å². The highest BCUT2D eigenvalue weighted by molar-refractivity contribution is 6.32. The number of methoxy groups -OCH3 is 4. The summed E-state index contributed by atoms with van der Waals surface area (Å²) in [5.41, 5.74) is 21.3. The van der Waals surface area contributed by atoms with Crippen LogP contribution in [0.5, 0.6) is 23.0 Å². The van der Waals surface area contributed by atoms with Crippen molar-refractivity contribution in [2.45, 2.75) is 6.92 Å². The van der Waals surface area contributed by atoms with Gasteiger partial charge in [-0.1, -0.05) is 64.6 Å². The zero-order valence-corrected chi connectivity index (χ0v) is 71.7. The summed E-state index contributed by atoms with van der Waals surface area (Å²) in [6.07, 6.45) is 27.1. The zero-order chi connectivity index (χ0) is 89.5. The van der Waals surface area contributed by atoms with E-state index in [-0.39, 0.29) is 26.4 Å². The Morgan fingerprint density at radius 3 is 1.16 bits per heavy atom. The molecule has 0 atom stereocenters. The van der Waals surface area contributed by atoms with Gasteiger partial charge in [-0.05, 0) is 205 Å². The fraction of sp³-hybridized carbons (Fsp3) is 0.0632. The molecule has 0 aliphatic carbocycles. The number of benzene rings is 5. The van der Waals surface area contributed by atoms with Gasteiger partial charge in [0, 0.05) is 123 Å². The van der Waals surface area contributed by atoms with Crippen LogP contribution in [0.3, 0.4) is 0 Å². The van der Waals surface area contributed by atoms with E-state index < -0.39 is 23.3 Å². The lowest BCUT2D eigenvalue weighted by Crippen LogP contribution is -1.96. The number of hydrogen-bond donors (Lipinski definition) is 0. The average molecular weight is 1800 g/mol. The van der Waals surface area contributed by atoms with Crippen LogP contribution < -0.4 is 18.9 Å². The standard InChI is InChI=1S/C22H15ClFN5.C19H15FN4O.C18H11ClF2N4O.C18H12ClFN4O.C18H13ClN4O/c1-28-10-8-19(27-28)20-12-26-21-7-5-15(13-29(20)21)16-3-2-9-25-22(16)14-4-6-18(24)17(23)11-14;1-12-7-14(3-4-17(12)20)19-16(9-15(25-2)10-21-19)13-5-6-24-18(8-13)22-11-23-24;1-26-11-5-12(10-2-3-25-17(4-10)23-9-24-25)18(22-8-11)13-6-14(19)16(21)7-15(13)20;1-25-13-8-14(11-4-5-24-17(7-11)22-10-23-24)18(21-9-13)12-2-3-16(20)15(19)6-12;1-24-15-9-16(12-5-6-23-17(8-12)21-11-22-23)18(20-10-15)13-3-2-4-14(19)7-13/h2-13H,1H3;3-11H,1-2H3;2-9H,1H3;2-10H,1H3;2-11H,1H3. The molecule has 129 heavy (non-hydrogen) atoms. The third-order valence-electron chi connectivity index (χ3n) is 20.5. The maximum atomic E-state index is 14.4. The van der Waals surface area contributed by atoms with Gasteiger partial charge in [-0.25, -0.2) is 64.9 Å². The van der Waals surface area contributed by atoms with Crippen molar-refractivity contribution in [2.24, 2.45) is 7.05 Å². The predicted molar refractivity (Wildman–Crippen MR) is 483 cm³/mol. The van der Waals surface area contributed by atoms with Crippen molar-refractivity contribution in [3.63, 3.8) is 0 Å². The highest BCUT2D eigenvalue weighted by Crippen LogP contribution is 2.42. The zero-order valence-electron chi connectivity index (χ0n) is 68.6. The Kier molecular flexibility index (Phi) is 24.9. The fourth-order valence-electron chi connectivity index (χ4n) is 14.1. The van der Waals surface area contributed by atoms with Crippen molar-refractivity contribution >= 4 is 74.6 Å². The van der Waals surface area contributed by atoms with Crippen LogP contribution >= 0.6 is 46.4 Å². The predicted octanol–water partition coefficient (Wildman–Crippen LogP) is 21.9. The third kappa shape index (κ3) is 18.5. The summed E-state index contributed by atoms with van der Waals surface area (Å²) in [5, 5.41) is 21.5. The number of pyridine rings is 10. The molecular formula is C95H66Cl4F5N21O4. The van der Waals surface area contributed by atoms with Gasteiger partial charge in [-0.15, -0.1) is 0 Å². The van der Waals surface area contributed by atoms with E-state index in [2.05, 4.69) is 75.3 Å². The molecular weight excluding hydrogens is 1740 g/mol. The van der Waals surface area contributed by atoms with E-state index >= 15 is 0 Å². The van der Waals surface area contributed by atoms with Crippen molar-refractivity contribution in [1.82, 2.24) is 102 Å². The van der Waals surface area contributed by atoms with E-state index in [9.17, 15) is 22.0 Å². The van der Waals surface area contributed by atoms with Gasteiger partial charge in [0.15, 0.2) is 22.6 Å². The smallest absolute Gasteiger partial charge is 0.155 e. The van der Waals surface area contributed by atoms with Crippen LogP contribution in [0, 0.1) is 36.0 Å². The van der Waals surface area contributed by atoms with Crippen LogP contribution in [0.25, 0.3) is 152 Å². The summed E-state index contributed by atoms with van der Waals surface area (Å²) in [7, 11) is 8.20. The molecule has 16 aromatic heterocycles. The number of nitrogens with zero attached hydrogens (tertiary/aromatic N) is 21. The fourth-order valence-corrected chi connectivity index (χ4v) is 14.8. The molecule has 5 aromatic carbocycles. The van der Waals surface area contributed by atoms with Crippen molar-refractivity contribution in [3.8, 4) is 146 Å². The van der Waals surface area contributed by atoms with Gasteiger partial charge < -0.3 is 18.9 Å². The number of rotatable bonds is 15. The summed E-state index contributed by atoms with van der Waals surface area (Å²) >= 11 is 23.9. The van der Waals surface area contributed by atoms with Crippen LogP contribution in [0.2, 0.25) is 20.1 Å². The molecule has 0 N–H and O–H groups in total. The molecule has 0 saturated carbocycles. The number of fused-ring (bicyclic) bond motifs is 5. The van der Waals surface area contributed by atoms with Crippen molar-refractivity contribution < 1.29 is 40.9 Å². The number of ether oxygens (including phenoxy) is 4. The molecule has 0 radical (unpaired) electrons. The number of aromatic nitrogens is 21. The first-order valence-corrected chi connectivity index (χ1v) is 40.6. The SMILES string of the molecule is COc1cnc(-c2cc(Cl)c(F)cc2F)c(-c2ccn3ncnc3c2)c1.COc1cnc(-c2ccc(F)c(C)c2)c(-c2ccn3ncnc3c2)c1.COc1cnc(-c2ccc(F)c(Cl)c2)c(-c2ccn3ncnc3c2)c1.COc1cnc(-c2cccc(Cl)c2)c(-c2ccn3ncnc3c2)c1.Cn1ccc(-c2cnc3ccc(-c4cccnc4-c4ccc(F)c(Cl)c4)cn23)n1. The molecule has 0 fully saturated rings. The van der Waals surface area contributed by atoms with Crippen molar-refractivity contribution in [1.29, 1.82) is 0 Å². The van der Waals surface area contributed by atoms with E-state index in [0.29, 0.717) is 67.4 Å². The average Bonchev–Trinajstić information content (AvgIpc) is 1.35. The Hall–Kier alpha value is -15.8. The second kappa shape index (κ2) is 37.6.